The summed E-state index contributed by atoms with van der Waals surface area (Å²) in [5, 5.41) is 4.14. The molecule has 1 amide bonds. The molecule has 0 atom stereocenters. The lowest BCUT2D eigenvalue weighted by atomic mass is 10.0. The van der Waals surface area contributed by atoms with Gasteiger partial charge in [-0.25, -0.2) is 4.68 Å². The Morgan fingerprint density at radius 3 is 2.32 bits per heavy atom. The molecule has 2 aliphatic rings. The molecule has 3 heterocycles. The second-order valence-corrected chi connectivity index (χ2v) is 8.66. The molecule has 0 bridgehead atoms. The summed E-state index contributed by atoms with van der Waals surface area (Å²) in [6.45, 7) is 3.75. The van der Waals surface area contributed by atoms with Crippen molar-refractivity contribution >= 4 is 34.7 Å². The van der Waals surface area contributed by atoms with E-state index in [-0.39, 0.29) is 24.2 Å². The van der Waals surface area contributed by atoms with Gasteiger partial charge in [0.1, 0.15) is 11.5 Å². The molecule has 2 aliphatic heterocycles. The Balaban J connectivity index is 1.53. The molecule has 2 aromatic carbocycles. The highest BCUT2D eigenvalue weighted by molar-refractivity contribution is 6.30. The highest BCUT2D eigenvalue weighted by Crippen LogP contribution is 2.37. The number of aliphatic imine (C=N–C) groups is 1. The fourth-order valence-corrected chi connectivity index (χ4v) is 4.66. The van der Waals surface area contributed by atoms with Gasteiger partial charge in [-0.2, -0.15) is 18.3 Å². The molecule has 0 saturated carbocycles. The van der Waals surface area contributed by atoms with Gasteiger partial charge in [-0.3, -0.25) is 9.79 Å². The van der Waals surface area contributed by atoms with Gasteiger partial charge >= 0.3 is 6.18 Å². The molecule has 34 heavy (non-hydrogen) atoms. The SMILES string of the molecule is CC1=NCCCN1c1ccc(N2CCc3c(C(F)(F)F)nn(-c4cccc(Cl)c4)c3C2=O)cc1. The molecule has 0 aliphatic carbocycles. The maximum Gasteiger partial charge on any atom is 0.435 e. The fraction of sp³-hybridized carbons (Fsp3) is 0.292. The largest absolute Gasteiger partial charge is 0.435 e. The number of amides is 1. The normalized spacial score (nSPS) is 16.5. The monoisotopic (exact) mass is 487 g/mol. The van der Waals surface area contributed by atoms with Crippen molar-refractivity contribution in [3.63, 3.8) is 0 Å². The summed E-state index contributed by atoms with van der Waals surface area (Å²) < 4.78 is 42.3. The Morgan fingerprint density at radius 1 is 0.971 bits per heavy atom. The minimum absolute atomic E-state index is 0.0378. The van der Waals surface area contributed by atoms with Gasteiger partial charge in [0.2, 0.25) is 0 Å². The number of nitrogens with zero attached hydrogens (tertiary/aromatic N) is 5. The fourth-order valence-electron chi connectivity index (χ4n) is 4.47. The molecule has 0 unspecified atom stereocenters. The molecular formula is C24H21ClF3N5O. The molecular weight excluding hydrogens is 467 g/mol. The predicted octanol–water partition coefficient (Wildman–Crippen LogP) is 5.38. The zero-order valence-electron chi connectivity index (χ0n) is 18.3. The van der Waals surface area contributed by atoms with Gasteiger partial charge in [0, 0.05) is 41.6 Å². The molecule has 1 aromatic heterocycles. The molecule has 0 radical (unpaired) electrons. The van der Waals surface area contributed by atoms with Gasteiger partial charge in [-0.1, -0.05) is 17.7 Å². The number of benzene rings is 2. The number of alkyl halides is 3. The predicted molar refractivity (Wildman–Crippen MR) is 125 cm³/mol. The van der Waals surface area contributed by atoms with Crippen molar-refractivity contribution < 1.29 is 18.0 Å². The Kier molecular flexibility index (Phi) is 5.59. The van der Waals surface area contributed by atoms with Crippen molar-refractivity contribution in [1.29, 1.82) is 0 Å². The smallest absolute Gasteiger partial charge is 0.330 e. The van der Waals surface area contributed by atoms with E-state index in [0.29, 0.717) is 16.4 Å². The van der Waals surface area contributed by atoms with Crippen molar-refractivity contribution in [2.45, 2.75) is 25.9 Å². The lowest BCUT2D eigenvalue weighted by Crippen LogP contribution is -2.39. The summed E-state index contributed by atoms with van der Waals surface area (Å²) in [5.74, 6) is 0.399. The number of rotatable bonds is 3. The first-order valence-corrected chi connectivity index (χ1v) is 11.3. The number of hydrogen-bond acceptors (Lipinski definition) is 4. The maximum atomic E-state index is 13.7. The highest BCUT2D eigenvalue weighted by Gasteiger charge is 2.43. The molecule has 0 fully saturated rings. The summed E-state index contributed by atoms with van der Waals surface area (Å²) in [4.78, 5) is 21.6. The van der Waals surface area contributed by atoms with Crippen LogP contribution in [0.5, 0.6) is 0 Å². The zero-order valence-corrected chi connectivity index (χ0v) is 19.1. The van der Waals surface area contributed by atoms with Crippen LogP contribution in [0.2, 0.25) is 5.02 Å². The molecule has 5 rings (SSSR count). The minimum atomic E-state index is -4.67. The molecule has 0 spiro atoms. The minimum Gasteiger partial charge on any atom is -0.330 e. The van der Waals surface area contributed by atoms with Crippen LogP contribution in [0.3, 0.4) is 0 Å². The Labute approximate surface area is 199 Å². The average Bonchev–Trinajstić information content (AvgIpc) is 3.21. The first-order valence-electron chi connectivity index (χ1n) is 10.9. The van der Waals surface area contributed by atoms with Gasteiger partial charge in [0.25, 0.3) is 5.91 Å². The lowest BCUT2D eigenvalue weighted by molar-refractivity contribution is -0.141. The second-order valence-electron chi connectivity index (χ2n) is 8.22. The quantitative estimate of drug-likeness (QED) is 0.498. The van der Waals surface area contributed by atoms with Gasteiger partial charge in [-0.15, -0.1) is 0 Å². The van der Waals surface area contributed by atoms with E-state index in [2.05, 4.69) is 15.0 Å². The molecule has 176 valence electrons. The summed E-state index contributed by atoms with van der Waals surface area (Å²) in [7, 11) is 0. The van der Waals surface area contributed by atoms with E-state index in [1.807, 2.05) is 31.2 Å². The van der Waals surface area contributed by atoms with E-state index in [1.165, 1.54) is 11.0 Å². The van der Waals surface area contributed by atoms with E-state index >= 15 is 0 Å². The van der Waals surface area contributed by atoms with E-state index < -0.39 is 17.8 Å². The summed E-state index contributed by atoms with van der Waals surface area (Å²) in [5.41, 5.74) is 0.640. The van der Waals surface area contributed by atoms with Crippen LogP contribution in [-0.2, 0) is 12.6 Å². The van der Waals surface area contributed by atoms with Crippen LogP contribution < -0.4 is 9.80 Å². The Hall–Kier alpha value is -3.33. The number of carbonyl (C=O) groups is 1. The van der Waals surface area contributed by atoms with Crippen molar-refractivity contribution in [3.05, 3.63) is 70.5 Å². The molecule has 10 heteroatoms. The summed E-state index contributed by atoms with van der Waals surface area (Å²) in [6, 6.07) is 13.7. The molecule has 0 saturated heterocycles. The molecule has 0 N–H and O–H groups in total. The van der Waals surface area contributed by atoms with Crippen LogP contribution in [0.4, 0.5) is 24.5 Å². The highest BCUT2D eigenvalue weighted by atomic mass is 35.5. The summed E-state index contributed by atoms with van der Waals surface area (Å²) in [6.07, 6.45) is -3.68. The van der Waals surface area contributed by atoms with Crippen LogP contribution in [0.1, 0.15) is 35.1 Å². The van der Waals surface area contributed by atoms with E-state index in [4.69, 9.17) is 11.6 Å². The number of anilines is 2. The van der Waals surface area contributed by atoms with Crippen LogP contribution in [0.25, 0.3) is 5.69 Å². The zero-order chi connectivity index (χ0) is 24.0. The third kappa shape index (κ3) is 3.94. The second kappa shape index (κ2) is 8.47. The number of aromatic nitrogens is 2. The molecule has 3 aromatic rings. The van der Waals surface area contributed by atoms with Crippen LogP contribution in [0, 0.1) is 0 Å². The number of hydrogen-bond donors (Lipinski definition) is 0. The number of fused-ring (bicyclic) bond motifs is 1. The third-order valence-electron chi connectivity index (χ3n) is 6.08. The van der Waals surface area contributed by atoms with Crippen LogP contribution in [-0.4, -0.2) is 41.2 Å². The topological polar surface area (TPSA) is 53.7 Å². The third-order valence-corrected chi connectivity index (χ3v) is 6.32. The van der Waals surface area contributed by atoms with E-state index in [1.54, 1.807) is 18.2 Å². The van der Waals surface area contributed by atoms with Gasteiger partial charge in [0.15, 0.2) is 5.69 Å². The maximum absolute atomic E-state index is 13.7. The van der Waals surface area contributed by atoms with Crippen molar-refractivity contribution in [3.8, 4) is 5.69 Å². The Bertz CT molecular complexity index is 1280. The van der Waals surface area contributed by atoms with Crippen LogP contribution in [0.15, 0.2) is 53.5 Å². The van der Waals surface area contributed by atoms with Gasteiger partial charge in [-0.05, 0) is 62.2 Å². The number of halogens is 4. The first-order chi connectivity index (χ1) is 16.2. The molecule has 6 nitrogen and oxygen atoms in total. The van der Waals surface area contributed by atoms with Crippen LogP contribution >= 0.6 is 11.6 Å². The van der Waals surface area contributed by atoms with Crippen molar-refractivity contribution in [2.24, 2.45) is 4.99 Å². The average molecular weight is 488 g/mol. The van der Waals surface area contributed by atoms with E-state index in [9.17, 15) is 18.0 Å². The Morgan fingerprint density at radius 2 is 1.68 bits per heavy atom. The summed E-state index contributed by atoms with van der Waals surface area (Å²) >= 11 is 6.05. The lowest BCUT2D eigenvalue weighted by Gasteiger charge is -2.30. The van der Waals surface area contributed by atoms with Crippen molar-refractivity contribution in [1.82, 2.24) is 9.78 Å². The number of amidine groups is 1. The van der Waals surface area contributed by atoms with Gasteiger partial charge < -0.3 is 9.80 Å². The van der Waals surface area contributed by atoms with E-state index in [0.717, 1.165) is 35.7 Å². The van der Waals surface area contributed by atoms with Gasteiger partial charge in [0.05, 0.1) is 5.69 Å². The standard InChI is InChI=1S/C24H21ClF3N5O/c1-15-29-11-3-12-31(15)17-6-8-18(9-7-17)32-13-10-20-21(23(32)34)33(30-22(20)24(26,27)28)19-5-2-4-16(25)14-19/h2,4-9,14H,3,10-13H2,1H3. The first kappa shape index (κ1) is 22.5. The number of carbonyl (C=O) groups excluding carboxylic acids is 1. The van der Waals surface area contributed by atoms with Crippen molar-refractivity contribution in [2.75, 3.05) is 29.4 Å².